The summed E-state index contributed by atoms with van der Waals surface area (Å²) in [5, 5.41) is 0.633. The Hall–Kier alpha value is -2.80. The number of anilines is 1. The van der Waals surface area contributed by atoms with Crippen LogP contribution in [0.1, 0.15) is 15.9 Å². The van der Waals surface area contributed by atoms with Gasteiger partial charge in [0.1, 0.15) is 0 Å². The second-order valence-electron chi connectivity index (χ2n) is 9.49. The first-order chi connectivity index (χ1) is 19.4. The normalized spacial score (nSPS) is 14.6. The highest BCUT2D eigenvalue weighted by Gasteiger charge is 2.25. The van der Waals surface area contributed by atoms with Crippen LogP contribution in [0.2, 0.25) is 0 Å². The summed E-state index contributed by atoms with van der Waals surface area (Å²) < 4.78 is 34.2. The van der Waals surface area contributed by atoms with E-state index in [2.05, 4.69) is 4.90 Å². The minimum atomic E-state index is -3.72. The van der Waals surface area contributed by atoms with Gasteiger partial charge in [0.15, 0.2) is 5.13 Å². The van der Waals surface area contributed by atoms with Gasteiger partial charge in [-0.2, -0.15) is 4.31 Å². The summed E-state index contributed by atoms with van der Waals surface area (Å²) in [5.74, 6) is -0.209. The van der Waals surface area contributed by atoms with E-state index in [4.69, 9.17) is 9.72 Å². The number of morpholine rings is 1. The fourth-order valence-corrected chi connectivity index (χ4v) is 7.38. The molecule has 210 valence electrons. The van der Waals surface area contributed by atoms with Crippen LogP contribution in [0.3, 0.4) is 0 Å². The lowest BCUT2D eigenvalue weighted by Crippen LogP contribution is -2.43. The van der Waals surface area contributed by atoms with Gasteiger partial charge in [-0.15, -0.1) is 11.8 Å². The van der Waals surface area contributed by atoms with Crippen LogP contribution in [0.4, 0.5) is 5.13 Å². The Morgan fingerprint density at radius 2 is 1.75 bits per heavy atom. The number of benzene rings is 3. The van der Waals surface area contributed by atoms with Gasteiger partial charge in [-0.25, -0.2) is 13.4 Å². The molecule has 0 bridgehead atoms. The number of hydrogen-bond donors (Lipinski definition) is 0. The van der Waals surface area contributed by atoms with Crippen LogP contribution in [-0.4, -0.2) is 81.2 Å². The van der Waals surface area contributed by atoms with Gasteiger partial charge in [0.05, 0.1) is 28.3 Å². The molecule has 4 aromatic rings. The van der Waals surface area contributed by atoms with Crippen molar-refractivity contribution in [3.05, 3.63) is 83.9 Å². The largest absolute Gasteiger partial charge is 0.379 e. The second kappa shape index (κ2) is 12.8. The lowest BCUT2D eigenvalue weighted by molar-refractivity contribution is 0.0391. The third-order valence-electron chi connectivity index (χ3n) is 6.87. The smallest absolute Gasteiger partial charge is 0.260 e. The van der Waals surface area contributed by atoms with Crippen LogP contribution >= 0.6 is 23.1 Å². The summed E-state index contributed by atoms with van der Waals surface area (Å²) in [5.41, 5.74) is 2.20. The predicted molar refractivity (Wildman–Crippen MR) is 162 cm³/mol. The van der Waals surface area contributed by atoms with Crippen LogP contribution < -0.4 is 4.90 Å². The maximum Gasteiger partial charge on any atom is 0.260 e. The molecule has 0 unspecified atom stereocenters. The quantitative estimate of drug-likeness (QED) is 0.243. The fourth-order valence-electron chi connectivity index (χ4n) is 4.57. The molecule has 1 aromatic heterocycles. The van der Waals surface area contributed by atoms with Crippen molar-refractivity contribution in [2.75, 3.05) is 57.6 Å². The Balaban J connectivity index is 1.39. The van der Waals surface area contributed by atoms with Gasteiger partial charge in [0, 0.05) is 50.2 Å². The maximum absolute atomic E-state index is 13.9. The average Bonchev–Trinajstić information content (AvgIpc) is 3.42. The molecule has 1 aliphatic heterocycles. The van der Waals surface area contributed by atoms with E-state index in [0.29, 0.717) is 37.0 Å². The Labute approximate surface area is 243 Å². The number of ether oxygens (including phenoxy) is 1. The molecule has 1 aliphatic rings. The van der Waals surface area contributed by atoms with Crippen LogP contribution in [0.5, 0.6) is 0 Å². The third-order valence-corrected chi connectivity index (χ3v) is 10.5. The molecule has 40 heavy (non-hydrogen) atoms. The van der Waals surface area contributed by atoms with Gasteiger partial charge in [0.25, 0.3) is 5.91 Å². The fraction of sp³-hybridized carbons (Fsp3) is 0.310. The van der Waals surface area contributed by atoms with E-state index in [0.717, 1.165) is 33.8 Å². The highest BCUT2D eigenvalue weighted by molar-refractivity contribution is 7.98. The Morgan fingerprint density at radius 3 is 2.45 bits per heavy atom. The number of nitrogens with zero attached hydrogens (tertiary/aromatic N) is 4. The third kappa shape index (κ3) is 6.40. The average molecular weight is 597 g/mol. The molecule has 1 fully saturated rings. The second-order valence-corrected chi connectivity index (χ2v) is 13.4. The maximum atomic E-state index is 13.9. The number of para-hydroxylation sites is 1. The van der Waals surface area contributed by atoms with E-state index in [-0.39, 0.29) is 17.3 Å². The van der Waals surface area contributed by atoms with Crippen molar-refractivity contribution < 1.29 is 17.9 Å². The first-order valence-corrected chi connectivity index (χ1v) is 16.5. The standard InChI is InChI=1S/C29H32N4O4S3/c1-31(21-22-7-4-3-5-8-22)40(35,36)24-13-11-23(12-14-24)28(34)33(16-15-32-17-19-37-20-18-32)29-30-27-25(38-2)9-6-10-26(27)39-29/h3-14H,15-21H2,1-2H3. The molecular weight excluding hydrogens is 565 g/mol. The van der Waals surface area contributed by atoms with Crippen molar-refractivity contribution in [2.24, 2.45) is 0 Å². The topological polar surface area (TPSA) is 83.0 Å². The summed E-state index contributed by atoms with van der Waals surface area (Å²) in [6.07, 6.45) is 2.02. The number of fused-ring (bicyclic) bond motifs is 1. The first kappa shape index (κ1) is 28.7. The van der Waals surface area contributed by atoms with Crippen LogP contribution in [0.15, 0.2) is 82.6 Å². The lowest BCUT2D eigenvalue weighted by atomic mass is 10.2. The summed E-state index contributed by atoms with van der Waals surface area (Å²) in [7, 11) is -2.16. The molecule has 5 rings (SSSR count). The number of thioether (sulfide) groups is 1. The van der Waals surface area contributed by atoms with Crippen molar-refractivity contribution in [3.8, 4) is 0 Å². The highest BCUT2D eigenvalue weighted by atomic mass is 32.2. The molecule has 0 N–H and O–H groups in total. The number of rotatable bonds is 10. The van der Waals surface area contributed by atoms with E-state index >= 15 is 0 Å². The van der Waals surface area contributed by atoms with Gasteiger partial charge < -0.3 is 4.74 Å². The van der Waals surface area contributed by atoms with Crippen molar-refractivity contribution in [1.29, 1.82) is 0 Å². The zero-order valence-corrected chi connectivity index (χ0v) is 25.0. The van der Waals surface area contributed by atoms with E-state index in [9.17, 15) is 13.2 Å². The summed E-state index contributed by atoms with van der Waals surface area (Å²) in [6, 6.07) is 21.7. The minimum absolute atomic E-state index is 0.145. The number of carbonyl (C=O) groups excluding carboxylic acids is 1. The highest BCUT2D eigenvalue weighted by Crippen LogP contribution is 2.34. The molecule has 0 atom stereocenters. The summed E-state index contributed by atoms with van der Waals surface area (Å²) >= 11 is 3.12. The molecule has 0 saturated carbocycles. The number of hydrogen-bond acceptors (Lipinski definition) is 8. The van der Waals surface area contributed by atoms with Crippen LogP contribution in [0, 0.1) is 0 Å². The number of thiazole rings is 1. The van der Waals surface area contributed by atoms with E-state index in [1.165, 1.54) is 27.8 Å². The Morgan fingerprint density at radius 1 is 1.02 bits per heavy atom. The minimum Gasteiger partial charge on any atom is -0.379 e. The molecule has 0 spiro atoms. The SMILES string of the molecule is CSc1cccc2sc(N(CCN3CCOCC3)C(=O)c3ccc(S(=O)(=O)N(C)Cc4ccccc4)cc3)nc12. The molecule has 8 nitrogen and oxygen atoms in total. The van der Waals surface area contributed by atoms with E-state index in [1.807, 2.05) is 54.8 Å². The van der Waals surface area contributed by atoms with Crippen molar-refractivity contribution >= 4 is 54.4 Å². The zero-order valence-electron chi connectivity index (χ0n) is 22.5. The van der Waals surface area contributed by atoms with Gasteiger partial charge in [0.2, 0.25) is 10.0 Å². The molecule has 2 heterocycles. The number of carbonyl (C=O) groups is 1. The zero-order chi connectivity index (χ0) is 28.1. The summed E-state index contributed by atoms with van der Waals surface area (Å²) in [4.78, 5) is 23.9. The molecular formula is C29H32N4O4S3. The van der Waals surface area contributed by atoms with Crippen LogP contribution in [-0.2, 0) is 21.3 Å². The van der Waals surface area contributed by atoms with Gasteiger partial charge in [-0.05, 0) is 48.2 Å². The Kier molecular flexibility index (Phi) is 9.19. The number of aromatic nitrogens is 1. The van der Waals surface area contributed by atoms with E-state index < -0.39 is 10.0 Å². The lowest BCUT2D eigenvalue weighted by Gasteiger charge is -2.29. The van der Waals surface area contributed by atoms with Crippen molar-refractivity contribution in [3.63, 3.8) is 0 Å². The van der Waals surface area contributed by atoms with Gasteiger partial charge in [-0.3, -0.25) is 14.6 Å². The monoisotopic (exact) mass is 596 g/mol. The van der Waals surface area contributed by atoms with Gasteiger partial charge in [-0.1, -0.05) is 47.7 Å². The Bertz CT molecular complexity index is 1550. The number of amides is 1. The predicted octanol–water partition coefficient (Wildman–Crippen LogP) is 4.82. The first-order valence-electron chi connectivity index (χ1n) is 13.0. The van der Waals surface area contributed by atoms with Gasteiger partial charge >= 0.3 is 0 Å². The molecule has 1 saturated heterocycles. The van der Waals surface area contributed by atoms with Crippen LogP contribution in [0.25, 0.3) is 10.2 Å². The molecule has 3 aromatic carbocycles. The van der Waals surface area contributed by atoms with Crippen molar-refractivity contribution in [1.82, 2.24) is 14.2 Å². The molecule has 0 aliphatic carbocycles. The summed E-state index contributed by atoms with van der Waals surface area (Å²) in [6.45, 7) is 4.42. The molecule has 11 heteroatoms. The molecule has 1 amide bonds. The van der Waals surface area contributed by atoms with Crippen molar-refractivity contribution in [2.45, 2.75) is 16.3 Å². The molecule has 0 radical (unpaired) electrons. The van der Waals surface area contributed by atoms with E-state index in [1.54, 1.807) is 35.8 Å². The number of sulfonamides is 1.